The largest absolute Gasteiger partial charge is 0.330 e. The van der Waals surface area contributed by atoms with Gasteiger partial charge in [0.1, 0.15) is 0 Å². The fourth-order valence-electron chi connectivity index (χ4n) is 0.731. The molecule has 1 rings (SSSR count). The van der Waals surface area contributed by atoms with Crippen LogP contribution in [-0.2, 0) is 6.42 Å². The van der Waals surface area contributed by atoms with Crippen molar-refractivity contribution in [2.75, 3.05) is 6.54 Å². The molecule has 0 fully saturated rings. The number of nitrogens with two attached hydrogens (primary N) is 1. The smallest absolute Gasteiger partial charge is 0.264 e. The van der Waals surface area contributed by atoms with Crippen LogP contribution in [0.1, 0.15) is 5.69 Å². The van der Waals surface area contributed by atoms with Crippen LogP contribution in [0, 0.1) is 3.57 Å². The maximum atomic E-state index is 11.0. The number of nitrogens with zero attached hydrogens (tertiary/aromatic N) is 1. The van der Waals surface area contributed by atoms with Crippen molar-refractivity contribution in [3.63, 3.8) is 0 Å². The second kappa shape index (κ2) is 3.82. The molecule has 0 spiro atoms. The highest BCUT2D eigenvalue weighted by atomic mass is 127. The number of halogens is 1. The molecule has 4 nitrogen and oxygen atoms in total. The quantitative estimate of drug-likeness (QED) is 0.732. The van der Waals surface area contributed by atoms with Crippen LogP contribution in [0.4, 0.5) is 0 Å². The molecule has 0 saturated heterocycles. The maximum absolute atomic E-state index is 11.0. The summed E-state index contributed by atoms with van der Waals surface area (Å²) in [6.07, 6.45) is 2.05. The molecule has 0 aliphatic heterocycles. The number of aromatic nitrogens is 2. The highest BCUT2D eigenvalue weighted by Gasteiger charge is 2.02. The topological polar surface area (TPSA) is 71.8 Å². The first-order chi connectivity index (χ1) is 5.25. The lowest BCUT2D eigenvalue weighted by molar-refractivity contribution is 0.890. The van der Waals surface area contributed by atoms with Crippen molar-refractivity contribution in [2.45, 2.75) is 6.42 Å². The number of rotatable bonds is 2. The summed E-state index contributed by atoms with van der Waals surface area (Å²) in [6.45, 7) is 0.520. The summed E-state index contributed by atoms with van der Waals surface area (Å²) < 4.78 is 0.635. The molecule has 5 heteroatoms. The van der Waals surface area contributed by atoms with Gasteiger partial charge in [-0.25, -0.2) is 4.98 Å². The van der Waals surface area contributed by atoms with E-state index in [1.54, 1.807) is 0 Å². The second-order valence-electron chi connectivity index (χ2n) is 2.03. The number of H-pyrrole nitrogens is 1. The number of hydrogen-bond donors (Lipinski definition) is 2. The van der Waals surface area contributed by atoms with Crippen molar-refractivity contribution in [1.29, 1.82) is 0 Å². The highest BCUT2D eigenvalue weighted by molar-refractivity contribution is 14.1. The number of hydrogen-bond acceptors (Lipinski definition) is 3. The van der Waals surface area contributed by atoms with Gasteiger partial charge >= 0.3 is 0 Å². The van der Waals surface area contributed by atoms with Gasteiger partial charge < -0.3 is 10.7 Å². The molecular formula is C6H8IN3O. The maximum Gasteiger partial charge on any atom is 0.264 e. The van der Waals surface area contributed by atoms with E-state index in [0.29, 0.717) is 16.5 Å². The molecule has 60 valence electrons. The van der Waals surface area contributed by atoms with Crippen LogP contribution >= 0.6 is 22.6 Å². The van der Waals surface area contributed by atoms with E-state index in [-0.39, 0.29) is 5.56 Å². The van der Waals surface area contributed by atoms with Crippen molar-refractivity contribution >= 4 is 22.6 Å². The van der Waals surface area contributed by atoms with Crippen molar-refractivity contribution in [1.82, 2.24) is 9.97 Å². The molecule has 0 aliphatic rings. The normalized spacial score (nSPS) is 10.0. The van der Waals surface area contributed by atoms with Crippen LogP contribution in [0.5, 0.6) is 0 Å². The Morgan fingerprint density at radius 3 is 3.09 bits per heavy atom. The fraction of sp³-hybridized carbons (Fsp3) is 0.333. The van der Waals surface area contributed by atoms with Crippen molar-refractivity contribution in [3.05, 3.63) is 25.9 Å². The third-order valence-corrected chi connectivity index (χ3v) is 2.36. The van der Waals surface area contributed by atoms with Gasteiger partial charge in [-0.05, 0) is 29.1 Å². The minimum Gasteiger partial charge on any atom is -0.330 e. The molecule has 0 amide bonds. The van der Waals surface area contributed by atoms with E-state index in [0.717, 1.165) is 5.69 Å². The summed E-state index contributed by atoms with van der Waals surface area (Å²) in [5, 5.41) is 0. The molecule has 0 bridgehead atoms. The summed E-state index contributed by atoms with van der Waals surface area (Å²) in [4.78, 5) is 17.4. The molecule has 1 aromatic heterocycles. The Kier molecular flexibility index (Phi) is 3.01. The van der Waals surface area contributed by atoms with Crippen LogP contribution < -0.4 is 11.3 Å². The Hall–Kier alpha value is -0.430. The third-order valence-electron chi connectivity index (χ3n) is 1.25. The summed E-state index contributed by atoms with van der Waals surface area (Å²) >= 11 is 1.97. The van der Waals surface area contributed by atoms with Gasteiger partial charge in [0, 0.05) is 6.42 Å². The number of nitrogens with one attached hydrogen (secondary N) is 1. The standard InChI is InChI=1S/C6H8IN3O/c7-5-4(1-2-8)9-3-10-6(5)11/h3H,1-2,8H2,(H,9,10,11). The van der Waals surface area contributed by atoms with Gasteiger partial charge in [0.25, 0.3) is 5.56 Å². The van der Waals surface area contributed by atoms with E-state index in [9.17, 15) is 4.79 Å². The predicted molar refractivity (Wildman–Crippen MR) is 50.3 cm³/mol. The van der Waals surface area contributed by atoms with Crippen LogP contribution in [0.2, 0.25) is 0 Å². The Morgan fingerprint density at radius 2 is 2.45 bits per heavy atom. The Balaban J connectivity index is 3.06. The summed E-state index contributed by atoms with van der Waals surface area (Å²) in [5.41, 5.74) is 6.01. The molecule has 0 radical (unpaired) electrons. The Morgan fingerprint density at radius 1 is 1.73 bits per heavy atom. The lowest BCUT2D eigenvalue weighted by Gasteiger charge is -1.97. The molecule has 3 N–H and O–H groups in total. The van der Waals surface area contributed by atoms with Crippen LogP contribution in [0.15, 0.2) is 11.1 Å². The van der Waals surface area contributed by atoms with Gasteiger partial charge in [-0.2, -0.15) is 0 Å². The summed E-state index contributed by atoms with van der Waals surface area (Å²) in [5.74, 6) is 0. The first-order valence-electron chi connectivity index (χ1n) is 3.18. The molecule has 0 unspecified atom stereocenters. The minimum absolute atomic E-state index is 0.0935. The molecule has 11 heavy (non-hydrogen) atoms. The van der Waals surface area contributed by atoms with E-state index in [4.69, 9.17) is 5.73 Å². The fourth-order valence-corrected chi connectivity index (χ4v) is 1.30. The van der Waals surface area contributed by atoms with E-state index in [2.05, 4.69) is 9.97 Å². The molecule has 0 saturated carbocycles. The molecule has 1 heterocycles. The van der Waals surface area contributed by atoms with E-state index in [1.807, 2.05) is 22.6 Å². The first-order valence-corrected chi connectivity index (χ1v) is 4.25. The molecular weight excluding hydrogens is 257 g/mol. The van der Waals surface area contributed by atoms with Crippen LogP contribution in [0.25, 0.3) is 0 Å². The van der Waals surface area contributed by atoms with Gasteiger partial charge in [0.2, 0.25) is 0 Å². The lowest BCUT2D eigenvalue weighted by Crippen LogP contribution is -2.16. The number of aromatic amines is 1. The van der Waals surface area contributed by atoms with Crippen LogP contribution in [-0.4, -0.2) is 16.5 Å². The van der Waals surface area contributed by atoms with Gasteiger partial charge in [-0.3, -0.25) is 4.79 Å². The van der Waals surface area contributed by atoms with E-state index < -0.39 is 0 Å². The zero-order valence-electron chi connectivity index (χ0n) is 5.80. The average molecular weight is 265 g/mol. The van der Waals surface area contributed by atoms with Gasteiger partial charge in [-0.15, -0.1) is 0 Å². The summed E-state index contributed by atoms with van der Waals surface area (Å²) in [6, 6.07) is 0. The third kappa shape index (κ3) is 2.00. The van der Waals surface area contributed by atoms with Gasteiger partial charge in [-0.1, -0.05) is 0 Å². The van der Waals surface area contributed by atoms with Crippen molar-refractivity contribution in [2.24, 2.45) is 5.73 Å². The Labute approximate surface area is 77.4 Å². The van der Waals surface area contributed by atoms with Crippen molar-refractivity contribution < 1.29 is 0 Å². The zero-order valence-corrected chi connectivity index (χ0v) is 7.96. The molecule has 0 aliphatic carbocycles. The Bertz CT molecular complexity index is 296. The highest BCUT2D eigenvalue weighted by Crippen LogP contribution is 2.01. The molecule has 1 aromatic rings. The zero-order chi connectivity index (χ0) is 8.27. The van der Waals surface area contributed by atoms with E-state index in [1.165, 1.54) is 6.33 Å². The minimum atomic E-state index is -0.0935. The average Bonchev–Trinajstić information content (AvgIpc) is 1.99. The van der Waals surface area contributed by atoms with Crippen molar-refractivity contribution in [3.8, 4) is 0 Å². The molecule has 0 aromatic carbocycles. The SMILES string of the molecule is NCCc1nc[nH]c(=O)c1I. The predicted octanol–water partition coefficient (Wildman–Crippen LogP) is -0.124. The van der Waals surface area contributed by atoms with Crippen LogP contribution in [0.3, 0.4) is 0 Å². The molecule has 0 atom stereocenters. The second-order valence-corrected chi connectivity index (χ2v) is 3.11. The van der Waals surface area contributed by atoms with Gasteiger partial charge in [0.15, 0.2) is 0 Å². The monoisotopic (exact) mass is 265 g/mol. The summed E-state index contributed by atoms with van der Waals surface area (Å²) in [7, 11) is 0. The van der Waals surface area contributed by atoms with E-state index >= 15 is 0 Å². The van der Waals surface area contributed by atoms with Gasteiger partial charge in [0.05, 0.1) is 15.6 Å². The lowest BCUT2D eigenvalue weighted by atomic mass is 10.3. The first kappa shape index (κ1) is 8.66.